The molecule has 1 aliphatic rings. The van der Waals surface area contributed by atoms with E-state index in [1.54, 1.807) is 30.5 Å². The van der Waals surface area contributed by atoms with Crippen LogP contribution < -0.4 is 26.8 Å². The summed E-state index contributed by atoms with van der Waals surface area (Å²) < 4.78 is 19.4. The average Bonchev–Trinajstić information content (AvgIpc) is 2.78. The minimum Gasteiger partial charge on any atom is -0.486 e. The lowest BCUT2D eigenvalue weighted by molar-refractivity contribution is 0.290. The van der Waals surface area contributed by atoms with E-state index in [1.807, 2.05) is 24.3 Å². The SMILES string of the molecule is N#CNC1=NC(c2cccc(COc3ccccc3F)c2)c2c(nc(N)c(C#N)c2N)N1. The third-order valence-electron chi connectivity index (χ3n) is 4.86. The Hall–Kier alpha value is -4.83. The zero-order valence-electron chi connectivity index (χ0n) is 16.6. The number of benzene rings is 2. The summed E-state index contributed by atoms with van der Waals surface area (Å²) in [5, 5.41) is 23.8. The van der Waals surface area contributed by atoms with Gasteiger partial charge in [-0.05, 0) is 29.3 Å². The largest absolute Gasteiger partial charge is 0.486 e. The molecule has 0 saturated heterocycles. The number of pyridine rings is 1. The molecule has 1 aromatic heterocycles. The maximum Gasteiger partial charge on any atom is 0.211 e. The van der Waals surface area contributed by atoms with Crippen molar-refractivity contribution < 1.29 is 9.13 Å². The molecule has 2 heterocycles. The van der Waals surface area contributed by atoms with Crippen LogP contribution in [0.15, 0.2) is 53.5 Å². The summed E-state index contributed by atoms with van der Waals surface area (Å²) in [5.41, 5.74) is 14.3. The molecule has 0 radical (unpaired) electrons. The average molecular weight is 428 g/mol. The van der Waals surface area contributed by atoms with E-state index in [2.05, 4.69) is 20.6 Å². The Morgan fingerprint density at radius 2 is 1.97 bits per heavy atom. The van der Waals surface area contributed by atoms with Gasteiger partial charge in [-0.15, -0.1) is 0 Å². The zero-order chi connectivity index (χ0) is 22.7. The molecule has 4 rings (SSSR count). The molecule has 3 aromatic rings. The normalized spacial score (nSPS) is 14.2. The first-order valence-corrected chi connectivity index (χ1v) is 9.46. The van der Waals surface area contributed by atoms with Crippen LogP contribution in [0.1, 0.15) is 28.3 Å². The Morgan fingerprint density at radius 1 is 1.16 bits per heavy atom. The lowest BCUT2D eigenvalue weighted by Gasteiger charge is -2.26. The van der Waals surface area contributed by atoms with Gasteiger partial charge in [-0.1, -0.05) is 30.3 Å². The molecule has 32 heavy (non-hydrogen) atoms. The third-order valence-corrected chi connectivity index (χ3v) is 4.86. The predicted octanol–water partition coefficient (Wildman–Crippen LogP) is 2.78. The number of aromatic nitrogens is 1. The minimum atomic E-state index is -0.671. The van der Waals surface area contributed by atoms with E-state index in [0.717, 1.165) is 5.56 Å². The second kappa shape index (κ2) is 8.50. The molecule has 10 heteroatoms. The molecule has 0 spiro atoms. The smallest absolute Gasteiger partial charge is 0.211 e. The highest BCUT2D eigenvalue weighted by Gasteiger charge is 2.29. The van der Waals surface area contributed by atoms with Crippen molar-refractivity contribution in [2.75, 3.05) is 16.8 Å². The molecular weight excluding hydrogens is 411 g/mol. The van der Waals surface area contributed by atoms with Crippen LogP contribution in [0.5, 0.6) is 5.75 Å². The number of aliphatic imine (C=N–C) groups is 1. The van der Waals surface area contributed by atoms with Crippen molar-refractivity contribution in [1.29, 1.82) is 10.5 Å². The van der Waals surface area contributed by atoms with Gasteiger partial charge in [-0.3, -0.25) is 5.32 Å². The molecule has 0 saturated carbocycles. The Kier molecular flexibility index (Phi) is 5.43. The number of hydrogen-bond acceptors (Lipinski definition) is 9. The van der Waals surface area contributed by atoms with Gasteiger partial charge in [0.15, 0.2) is 17.8 Å². The minimum absolute atomic E-state index is 0.0275. The summed E-state index contributed by atoms with van der Waals surface area (Å²) in [6.45, 7) is 0.124. The van der Waals surface area contributed by atoms with Gasteiger partial charge in [0.05, 0.1) is 5.69 Å². The van der Waals surface area contributed by atoms with Crippen LogP contribution in [0, 0.1) is 28.6 Å². The van der Waals surface area contributed by atoms with Gasteiger partial charge >= 0.3 is 0 Å². The fourth-order valence-electron chi connectivity index (χ4n) is 3.40. The summed E-state index contributed by atoms with van der Waals surface area (Å²) in [5.74, 6) is 0.124. The number of nitrogens with zero attached hydrogens (tertiary/aromatic N) is 4. The van der Waals surface area contributed by atoms with Gasteiger partial charge in [0.2, 0.25) is 5.96 Å². The topological polar surface area (TPSA) is 158 Å². The van der Waals surface area contributed by atoms with Gasteiger partial charge in [-0.2, -0.15) is 10.5 Å². The molecular formula is C22H17FN8O. The number of ether oxygens (including phenoxy) is 1. The molecule has 1 aliphatic heterocycles. The van der Waals surface area contributed by atoms with E-state index >= 15 is 0 Å². The molecule has 0 fully saturated rings. The van der Waals surface area contributed by atoms with Crippen LogP contribution in [0.2, 0.25) is 0 Å². The molecule has 9 nitrogen and oxygen atoms in total. The maximum absolute atomic E-state index is 13.9. The van der Waals surface area contributed by atoms with Crippen molar-refractivity contribution in [2.45, 2.75) is 12.6 Å². The fourth-order valence-corrected chi connectivity index (χ4v) is 3.40. The first kappa shape index (κ1) is 20.4. The Balaban J connectivity index is 1.73. The fraction of sp³-hybridized carbons (Fsp3) is 0.0909. The molecule has 0 amide bonds. The van der Waals surface area contributed by atoms with Gasteiger partial charge in [0.1, 0.15) is 35.9 Å². The number of nitriles is 2. The standard InChI is InChI=1S/C22H17FN8O/c23-15-6-1-2-7-16(15)32-10-12-4-3-5-13(8-12)19-17-18(26)14(9-24)20(27)30-21(17)31-22(29-19)28-11-25/h1-8,19H,10H2,(H6,26,27,28,29,30,31). The summed E-state index contributed by atoms with van der Waals surface area (Å²) in [6.07, 6.45) is 1.81. The Labute approximate surface area is 182 Å². The van der Waals surface area contributed by atoms with Crippen molar-refractivity contribution in [3.63, 3.8) is 0 Å². The van der Waals surface area contributed by atoms with E-state index in [4.69, 9.17) is 21.5 Å². The number of anilines is 3. The van der Waals surface area contributed by atoms with Crippen LogP contribution in [-0.4, -0.2) is 10.9 Å². The van der Waals surface area contributed by atoms with Crippen LogP contribution in [0.25, 0.3) is 0 Å². The summed E-state index contributed by atoms with van der Waals surface area (Å²) in [4.78, 5) is 8.75. The first-order chi connectivity index (χ1) is 15.5. The molecule has 0 aliphatic carbocycles. The number of halogens is 1. The van der Waals surface area contributed by atoms with Crippen molar-refractivity contribution in [3.05, 3.63) is 76.6 Å². The number of nitrogen functional groups attached to an aromatic ring is 2. The summed E-state index contributed by atoms with van der Waals surface area (Å²) in [7, 11) is 0. The first-order valence-electron chi connectivity index (χ1n) is 9.46. The van der Waals surface area contributed by atoms with Crippen molar-refractivity contribution in [3.8, 4) is 18.0 Å². The van der Waals surface area contributed by atoms with E-state index in [1.165, 1.54) is 6.07 Å². The second-order valence-electron chi connectivity index (χ2n) is 6.87. The molecule has 0 bridgehead atoms. The number of rotatable bonds is 4. The van der Waals surface area contributed by atoms with Gasteiger partial charge in [0, 0.05) is 5.56 Å². The molecule has 2 aromatic carbocycles. The second-order valence-corrected chi connectivity index (χ2v) is 6.87. The lowest BCUT2D eigenvalue weighted by atomic mass is 9.94. The Bertz CT molecular complexity index is 1310. The molecule has 6 N–H and O–H groups in total. The van der Waals surface area contributed by atoms with E-state index in [9.17, 15) is 9.65 Å². The zero-order valence-corrected chi connectivity index (χ0v) is 16.6. The quantitative estimate of drug-likeness (QED) is 0.365. The number of fused-ring (bicyclic) bond motifs is 1. The van der Waals surface area contributed by atoms with Crippen molar-refractivity contribution in [2.24, 2.45) is 4.99 Å². The van der Waals surface area contributed by atoms with Crippen molar-refractivity contribution in [1.82, 2.24) is 10.3 Å². The molecule has 158 valence electrons. The van der Waals surface area contributed by atoms with Gasteiger partial charge in [0.25, 0.3) is 0 Å². The highest BCUT2D eigenvalue weighted by atomic mass is 19.1. The van der Waals surface area contributed by atoms with Crippen LogP contribution in [-0.2, 0) is 6.61 Å². The molecule has 1 unspecified atom stereocenters. The lowest BCUT2D eigenvalue weighted by Crippen LogP contribution is -2.32. The number of para-hydroxylation sites is 1. The maximum atomic E-state index is 13.9. The number of guanidine groups is 1. The van der Waals surface area contributed by atoms with E-state index < -0.39 is 11.9 Å². The van der Waals surface area contributed by atoms with Gasteiger partial charge in [-0.25, -0.2) is 14.4 Å². The number of nitrogens with one attached hydrogen (secondary N) is 2. The number of nitrogens with two attached hydrogens (primary N) is 2. The predicted molar refractivity (Wildman–Crippen MR) is 117 cm³/mol. The van der Waals surface area contributed by atoms with E-state index in [0.29, 0.717) is 16.9 Å². The third kappa shape index (κ3) is 3.80. The highest BCUT2D eigenvalue weighted by molar-refractivity contribution is 5.98. The van der Waals surface area contributed by atoms with Crippen molar-refractivity contribution >= 4 is 23.3 Å². The molecule has 1 atom stereocenters. The summed E-state index contributed by atoms with van der Waals surface area (Å²) >= 11 is 0. The van der Waals surface area contributed by atoms with Crippen LogP contribution >= 0.6 is 0 Å². The van der Waals surface area contributed by atoms with E-state index in [-0.39, 0.29) is 35.4 Å². The van der Waals surface area contributed by atoms with Crippen LogP contribution in [0.4, 0.5) is 21.7 Å². The van der Waals surface area contributed by atoms with Crippen LogP contribution in [0.3, 0.4) is 0 Å². The van der Waals surface area contributed by atoms with Gasteiger partial charge < -0.3 is 21.5 Å². The Morgan fingerprint density at radius 3 is 2.72 bits per heavy atom. The summed E-state index contributed by atoms with van der Waals surface area (Å²) in [6, 6.07) is 14.7. The number of hydrogen-bond donors (Lipinski definition) is 4. The highest BCUT2D eigenvalue weighted by Crippen LogP contribution is 2.40. The monoisotopic (exact) mass is 428 g/mol.